The van der Waals surface area contributed by atoms with Gasteiger partial charge in [0.1, 0.15) is 11.8 Å². The molecule has 1 heterocycles. The molecule has 172 valence electrons. The number of hydrogen-bond donors (Lipinski definition) is 1. The topological polar surface area (TPSA) is 77.6 Å². The lowest BCUT2D eigenvalue weighted by Gasteiger charge is -2.23. The van der Waals surface area contributed by atoms with Gasteiger partial charge in [-0.25, -0.2) is 4.79 Å². The van der Waals surface area contributed by atoms with Crippen LogP contribution in [0.1, 0.15) is 95.0 Å². The summed E-state index contributed by atoms with van der Waals surface area (Å²) in [5, 5.41) is 0. The second-order valence-corrected chi connectivity index (χ2v) is 8.99. The van der Waals surface area contributed by atoms with Crippen LogP contribution in [0.25, 0.3) is 0 Å². The molecule has 1 N–H and O–H groups in total. The summed E-state index contributed by atoms with van der Waals surface area (Å²) in [4.78, 5) is 29.3. The van der Waals surface area contributed by atoms with Crippen molar-refractivity contribution in [3.63, 3.8) is 0 Å². The molecule has 2 aromatic rings. The van der Waals surface area contributed by atoms with Gasteiger partial charge in [-0.1, -0.05) is 25.3 Å². The quantitative estimate of drug-likeness (QED) is 0.621. The summed E-state index contributed by atoms with van der Waals surface area (Å²) in [6.07, 6.45) is 8.76. The van der Waals surface area contributed by atoms with E-state index in [1.165, 1.54) is 19.3 Å². The van der Waals surface area contributed by atoms with Crippen LogP contribution in [-0.2, 0) is 11.2 Å². The van der Waals surface area contributed by atoms with Crippen molar-refractivity contribution < 1.29 is 23.8 Å². The fourth-order valence-corrected chi connectivity index (χ4v) is 5.13. The Kier molecular flexibility index (Phi) is 6.87. The first kappa shape index (κ1) is 22.4. The van der Waals surface area contributed by atoms with Gasteiger partial charge < -0.3 is 19.2 Å². The number of methoxy groups -OCH3 is 2. The van der Waals surface area contributed by atoms with Gasteiger partial charge in [-0.05, 0) is 68.2 Å². The maximum atomic E-state index is 13.0. The molecule has 6 heteroatoms. The highest BCUT2D eigenvalue weighted by Gasteiger charge is 2.33. The highest BCUT2D eigenvalue weighted by Crippen LogP contribution is 2.38. The molecule has 0 saturated heterocycles. The first-order valence-electron chi connectivity index (χ1n) is 11.7. The number of fused-ring (bicyclic) bond motifs is 1. The number of benzene rings is 1. The van der Waals surface area contributed by atoms with Crippen LogP contribution in [0.3, 0.4) is 0 Å². The van der Waals surface area contributed by atoms with Crippen molar-refractivity contribution in [2.45, 2.75) is 76.7 Å². The number of rotatable bonds is 5. The van der Waals surface area contributed by atoms with Crippen molar-refractivity contribution in [1.82, 2.24) is 4.98 Å². The van der Waals surface area contributed by atoms with E-state index < -0.39 is 0 Å². The number of carbonyl (C=O) groups is 2. The van der Waals surface area contributed by atoms with Gasteiger partial charge in [-0.15, -0.1) is 0 Å². The van der Waals surface area contributed by atoms with Crippen LogP contribution in [0.15, 0.2) is 18.2 Å². The minimum Gasteiger partial charge on any atom is -0.493 e. The second kappa shape index (κ2) is 9.80. The average molecular weight is 440 g/mol. The monoisotopic (exact) mass is 439 g/mol. The van der Waals surface area contributed by atoms with E-state index in [1.54, 1.807) is 14.2 Å². The summed E-state index contributed by atoms with van der Waals surface area (Å²) in [5.74, 6) is 1.05. The molecule has 0 spiro atoms. The minimum atomic E-state index is -0.335. The number of aromatic nitrogens is 1. The van der Waals surface area contributed by atoms with Crippen LogP contribution in [0, 0.1) is 6.92 Å². The van der Waals surface area contributed by atoms with Gasteiger partial charge in [0.25, 0.3) is 0 Å². The van der Waals surface area contributed by atoms with Crippen molar-refractivity contribution >= 4 is 11.8 Å². The summed E-state index contributed by atoms with van der Waals surface area (Å²) in [6, 6.07) is 5.77. The van der Waals surface area contributed by atoms with Gasteiger partial charge >= 0.3 is 5.97 Å². The van der Waals surface area contributed by atoms with E-state index in [9.17, 15) is 9.59 Å². The van der Waals surface area contributed by atoms with E-state index in [0.717, 1.165) is 36.9 Å². The summed E-state index contributed by atoms with van der Waals surface area (Å²) in [5.41, 5.74) is 3.65. The molecule has 1 atom stereocenters. The van der Waals surface area contributed by atoms with Crippen molar-refractivity contribution in [2.75, 3.05) is 14.2 Å². The lowest BCUT2D eigenvalue weighted by atomic mass is 9.81. The van der Waals surface area contributed by atoms with Gasteiger partial charge in [-0.3, -0.25) is 4.79 Å². The Balaban J connectivity index is 1.54. The molecule has 6 nitrogen and oxygen atoms in total. The number of H-pyrrole nitrogens is 1. The van der Waals surface area contributed by atoms with Crippen molar-refractivity contribution in [1.29, 1.82) is 0 Å². The van der Waals surface area contributed by atoms with Crippen LogP contribution < -0.4 is 9.47 Å². The summed E-state index contributed by atoms with van der Waals surface area (Å²) in [6.45, 7) is 1.85. The molecular weight excluding hydrogens is 406 g/mol. The average Bonchev–Trinajstić information content (AvgIpc) is 3.11. The van der Waals surface area contributed by atoms with E-state index in [0.29, 0.717) is 41.2 Å². The maximum absolute atomic E-state index is 13.0. The number of Topliss-reactive ketones (excluding diaryl/α,β-unsaturated/α-hetero) is 1. The largest absolute Gasteiger partial charge is 0.493 e. The molecular formula is C26H33NO5. The molecule has 1 fully saturated rings. The molecule has 0 radical (unpaired) electrons. The molecule has 1 saturated carbocycles. The molecule has 1 aromatic carbocycles. The van der Waals surface area contributed by atoms with Crippen LogP contribution >= 0.6 is 0 Å². The number of carbonyl (C=O) groups excluding carboxylic acids is 2. The first-order chi connectivity index (χ1) is 15.5. The predicted octanol–water partition coefficient (Wildman–Crippen LogP) is 5.52. The number of ether oxygens (including phenoxy) is 3. The first-order valence-corrected chi connectivity index (χ1v) is 11.7. The van der Waals surface area contributed by atoms with Gasteiger partial charge in [0, 0.05) is 17.7 Å². The Hall–Kier alpha value is -2.76. The zero-order valence-corrected chi connectivity index (χ0v) is 19.3. The summed E-state index contributed by atoms with van der Waals surface area (Å²) < 4.78 is 16.6. The van der Waals surface area contributed by atoms with Gasteiger partial charge in [0.2, 0.25) is 0 Å². The van der Waals surface area contributed by atoms with Crippen LogP contribution in [-0.4, -0.2) is 37.1 Å². The predicted molar refractivity (Wildman–Crippen MR) is 122 cm³/mol. The number of nitrogens with one attached hydrogen (secondary N) is 1. The van der Waals surface area contributed by atoms with E-state index in [-0.39, 0.29) is 23.8 Å². The van der Waals surface area contributed by atoms with E-state index in [4.69, 9.17) is 14.2 Å². The standard InChI is InChI=1S/C26H33NO5/c1-16-24-20(27-25(16)26(29)32-19-9-7-5-4-6-8-10-19)13-18(14-21(24)28)17-11-12-22(30-2)23(15-17)31-3/h11-12,15,18-19,27H,4-10,13-14H2,1-3H3/t18-/m0/s1. The number of ketones is 1. The molecule has 2 aliphatic carbocycles. The highest BCUT2D eigenvalue weighted by molar-refractivity contribution is 6.03. The molecule has 0 aliphatic heterocycles. The van der Waals surface area contributed by atoms with E-state index in [1.807, 2.05) is 25.1 Å². The molecule has 4 rings (SSSR count). The van der Waals surface area contributed by atoms with Gasteiger partial charge in [0.15, 0.2) is 17.3 Å². The minimum absolute atomic E-state index is 0.0160. The Morgan fingerprint density at radius 3 is 2.34 bits per heavy atom. The number of hydrogen-bond acceptors (Lipinski definition) is 5. The smallest absolute Gasteiger partial charge is 0.355 e. The molecule has 1 aromatic heterocycles. The Bertz CT molecular complexity index is 984. The number of esters is 1. The third-order valence-corrected chi connectivity index (χ3v) is 6.90. The van der Waals surface area contributed by atoms with Gasteiger partial charge in [0.05, 0.1) is 14.2 Å². The van der Waals surface area contributed by atoms with E-state index >= 15 is 0 Å². The molecule has 0 unspecified atom stereocenters. The SMILES string of the molecule is COc1ccc([C@@H]2CC(=O)c3c([nH]c(C(=O)OC4CCCCCCC4)c3C)C2)cc1OC. The summed E-state index contributed by atoms with van der Waals surface area (Å²) >= 11 is 0. The van der Waals surface area contributed by atoms with Crippen molar-refractivity contribution in [3.05, 3.63) is 46.3 Å². The third kappa shape index (κ3) is 4.54. The zero-order valence-electron chi connectivity index (χ0n) is 19.3. The fraction of sp³-hybridized carbons (Fsp3) is 0.538. The Morgan fingerprint density at radius 1 is 0.969 bits per heavy atom. The van der Waals surface area contributed by atoms with E-state index in [2.05, 4.69) is 4.98 Å². The second-order valence-electron chi connectivity index (χ2n) is 8.99. The summed E-state index contributed by atoms with van der Waals surface area (Å²) in [7, 11) is 3.21. The molecule has 0 amide bonds. The lowest BCUT2D eigenvalue weighted by Crippen LogP contribution is -2.20. The molecule has 2 aliphatic rings. The van der Waals surface area contributed by atoms with Crippen molar-refractivity contribution in [2.24, 2.45) is 0 Å². The van der Waals surface area contributed by atoms with Crippen LogP contribution in [0.4, 0.5) is 0 Å². The van der Waals surface area contributed by atoms with Crippen LogP contribution in [0.5, 0.6) is 11.5 Å². The third-order valence-electron chi connectivity index (χ3n) is 6.90. The Morgan fingerprint density at radius 2 is 1.66 bits per heavy atom. The fourth-order valence-electron chi connectivity index (χ4n) is 5.13. The maximum Gasteiger partial charge on any atom is 0.355 e. The Labute approximate surface area is 189 Å². The zero-order chi connectivity index (χ0) is 22.7. The molecule has 32 heavy (non-hydrogen) atoms. The molecule has 0 bridgehead atoms. The number of aromatic amines is 1. The van der Waals surface area contributed by atoms with Crippen molar-refractivity contribution in [3.8, 4) is 11.5 Å². The lowest BCUT2D eigenvalue weighted by molar-refractivity contribution is 0.0232. The highest BCUT2D eigenvalue weighted by atomic mass is 16.5. The van der Waals surface area contributed by atoms with Crippen LogP contribution in [0.2, 0.25) is 0 Å². The van der Waals surface area contributed by atoms with Gasteiger partial charge in [-0.2, -0.15) is 0 Å². The normalized spacial score (nSPS) is 19.6.